The molecule has 0 aromatic rings. The van der Waals surface area contributed by atoms with Gasteiger partial charge in [0.05, 0.1) is 6.10 Å². The van der Waals surface area contributed by atoms with E-state index < -0.39 is 0 Å². The first-order valence-corrected chi connectivity index (χ1v) is 5.06. The smallest absolute Gasteiger partial charge is 0.0702 e. The molecule has 12 heavy (non-hydrogen) atoms. The lowest BCUT2D eigenvalue weighted by molar-refractivity contribution is 0.0815. The van der Waals surface area contributed by atoms with Crippen molar-refractivity contribution in [2.24, 2.45) is 0 Å². The Balaban J connectivity index is 2.11. The van der Waals surface area contributed by atoms with Crippen molar-refractivity contribution in [3.8, 4) is 0 Å². The van der Waals surface area contributed by atoms with Crippen LogP contribution in [0.1, 0.15) is 19.8 Å². The van der Waals surface area contributed by atoms with Crippen molar-refractivity contribution in [3.05, 3.63) is 0 Å². The van der Waals surface area contributed by atoms with Crippen molar-refractivity contribution in [1.29, 1.82) is 0 Å². The van der Waals surface area contributed by atoms with Gasteiger partial charge in [-0.3, -0.25) is 0 Å². The van der Waals surface area contributed by atoms with Crippen LogP contribution < -0.4 is 0 Å². The summed E-state index contributed by atoms with van der Waals surface area (Å²) in [5, 5.41) is 0.233. The molecule has 1 fully saturated rings. The van der Waals surface area contributed by atoms with Gasteiger partial charge in [0.25, 0.3) is 0 Å². The van der Waals surface area contributed by atoms with E-state index in [4.69, 9.17) is 16.3 Å². The summed E-state index contributed by atoms with van der Waals surface area (Å²) in [6.07, 6.45) is 2.88. The predicted octanol–water partition coefficient (Wildman–Crippen LogP) is 1.72. The van der Waals surface area contributed by atoms with Gasteiger partial charge >= 0.3 is 0 Å². The molecule has 0 aromatic carbocycles. The zero-order valence-electron chi connectivity index (χ0n) is 7.92. The Morgan fingerprint density at radius 1 is 1.67 bits per heavy atom. The monoisotopic (exact) mass is 191 g/mol. The first-order valence-electron chi connectivity index (χ1n) is 4.62. The van der Waals surface area contributed by atoms with E-state index in [1.165, 1.54) is 12.8 Å². The molecule has 2 unspecified atom stereocenters. The summed E-state index contributed by atoms with van der Waals surface area (Å²) in [4.78, 5) is 2.24. The van der Waals surface area contributed by atoms with Gasteiger partial charge in [-0.25, -0.2) is 0 Å². The van der Waals surface area contributed by atoms with E-state index in [1.807, 2.05) is 6.92 Å². The first kappa shape index (κ1) is 10.3. The van der Waals surface area contributed by atoms with Crippen molar-refractivity contribution in [2.45, 2.75) is 31.2 Å². The summed E-state index contributed by atoms with van der Waals surface area (Å²) >= 11 is 5.88. The Hall–Kier alpha value is 0.210. The highest BCUT2D eigenvalue weighted by Gasteiger charge is 2.17. The molecule has 0 amide bonds. The molecular weight excluding hydrogens is 174 g/mol. The Bertz CT molecular complexity index is 124. The number of hydrogen-bond donors (Lipinski definition) is 0. The number of hydrogen-bond acceptors (Lipinski definition) is 2. The van der Waals surface area contributed by atoms with Gasteiger partial charge in [0.1, 0.15) is 0 Å². The molecule has 0 radical (unpaired) electrons. The van der Waals surface area contributed by atoms with Crippen LogP contribution in [0.2, 0.25) is 0 Å². The van der Waals surface area contributed by atoms with Crippen LogP contribution in [-0.4, -0.2) is 43.1 Å². The number of alkyl halides is 1. The fourth-order valence-electron chi connectivity index (χ4n) is 1.64. The van der Waals surface area contributed by atoms with Gasteiger partial charge in [-0.05, 0) is 26.8 Å². The fourth-order valence-corrected chi connectivity index (χ4v) is 1.88. The molecule has 1 aliphatic heterocycles. The Kier molecular flexibility index (Phi) is 4.33. The van der Waals surface area contributed by atoms with Gasteiger partial charge in [0.2, 0.25) is 0 Å². The molecule has 1 rings (SSSR count). The van der Waals surface area contributed by atoms with Crippen molar-refractivity contribution in [2.75, 3.05) is 26.7 Å². The zero-order valence-corrected chi connectivity index (χ0v) is 8.68. The van der Waals surface area contributed by atoms with Crippen molar-refractivity contribution >= 4 is 11.6 Å². The van der Waals surface area contributed by atoms with E-state index in [0.717, 1.165) is 19.7 Å². The van der Waals surface area contributed by atoms with E-state index in [1.54, 1.807) is 0 Å². The Labute approximate surface area is 79.8 Å². The maximum Gasteiger partial charge on any atom is 0.0702 e. The van der Waals surface area contributed by atoms with E-state index >= 15 is 0 Å². The SMILES string of the molecule is CC(Cl)CN(C)CC1CCCO1. The van der Waals surface area contributed by atoms with Crippen molar-refractivity contribution in [3.63, 3.8) is 0 Å². The molecule has 72 valence electrons. The van der Waals surface area contributed by atoms with E-state index in [9.17, 15) is 0 Å². The minimum atomic E-state index is 0.233. The number of nitrogens with zero attached hydrogens (tertiary/aromatic N) is 1. The molecule has 0 spiro atoms. The van der Waals surface area contributed by atoms with Crippen molar-refractivity contribution in [1.82, 2.24) is 4.90 Å². The molecule has 1 saturated heterocycles. The molecule has 1 heterocycles. The third-order valence-corrected chi connectivity index (χ3v) is 2.24. The lowest BCUT2D eigenvalue weighted by Crippen LogP contribution is -2.32. The second-order valence-electron chi connectivity index (χ2n) is 3.64. The molecule has 0 bridgehead atoms. The van der Waals surface area contributed by atoms with Gasteiger partial charge in [-0.15, -0.1) is 11.6 Å². The molecule has 0 aliphatic carbocycles. The normalized spacial score (nSPS) is 26.5. The molecule has 0 N–H and O–H groups in total. The third-order valence-electron chi connectivity index (χ3n) is 2.10. The van der Waals surface area contributed by atoms with Crippen molar-refractivity contribution < 1.29 is 4.74 Å². The van der Waals surface area contributed by atoms with Crippen LogP contribution in [0.5, 0.6) is 0 Å². The average molecular weight is 192 g/mol. The first-order chi connectivity index (χ1) is 5.68. The fraction of sp³-hybridized carbons (Fsp3) is 1.00. The maximum absolute atomic E-state index is 5.88. The summed E-state index contributed by atoms with van der Waals surface area (Å²) < 4.78 is 5.52. The van der Waals surface area contributed by atoms with Crippen LogP contribution in [0.25, 0.3) is 0 Å². The van der Waals surface area contributed by atoms with Crippen LogP contribution in [-0.2, 0) is 4.74 Å². The second-order valence-corrected chi connectivity index (χ2v) is 4.38. The number of likely N-dealkylation sites (N-methyl/N-ethyl adjacent to an activating group) is 1. The van der Waals surface area contributed by atoms with E-state index in [0.29, 0.717) is 6.10 Å². The minimum Gasteiger partial charge on any atom is -0.377 e. The highest BCUT2D eigenvalue weighted by atomic mass is 35.5. The lowest BCUT2D eigenvalue weighted by atomic mass is 10.2. The third kappa shape index (κ3) is 3.74. The zero-order chi connectivity index (χ0) is 8.97. The summed E-state index contributed by atoms with van der Waals surface area (Å²) in [7, 11) is 2.10. The topological polar surface area (TPSA) is 12.5 Å². The second kappa shape index (κ2) is 5.05. The standard InChI is InChI=1S/C9H18ClNO/c1-8(10)6-11(2)7-9-4-3-5-12-9/h8-9H,3-7H2,1-2H3. The quantitative estimate of drug-likeness (QED) is 0.628. The molecule has 1 aliphatic rings. The van der Waals surface area contributed by atoms with E-state index in [-0.39, 0.29) is 5.38 Å². The predicted molar refractivity (Wildman–Crippen MR) is 51.8 cm³/mol. The van der Waals surface area contributed by atoms with Gasteiger partial charge < -0.3 is 9.64 Å². The Morgan fingerprint density at radius 2 is 2.42 bits per heavy atom. The van der Waals surface area contributed by atoms with Crippen LogP contribution >= 0.6 is 11.6 Å². The lowest BCUT2D eigenvalue weighted by Gasteiger charge is -2.21. The van der Waals surface area contributed by atoms with Gasteiger partial charge in [0.15, 0.2) is 0 Å². The highest BCUT2D eigenvalue weighted by molar-refractivity contribution is 6.20. The van der Waals surface area contributed by atoms with Crippen LogP contribution in [0, 0.1) is 0 Å². The summed E-state index contributed by atoms with van der Waals surface area (Å²) in [6.45, 7) is 4.93. The average Bonchev–Trinajstić information content (AvgIpc) is 2.37. The molecule has 0 aromatic heterocycles. The highest BCUT2D eigenvalue weighted by Crippen LogP contribution is 2.13. The summed E-state index contributed by atoms with van der Waals surface area (Å²) in [5.74, 6) is 0. The van der Waals surface area contributed by atoms with Gasteiger partial charge in [-0.1, -0.05) is 0 Å². The minimum absolute atomic E-state index is 0.233. The van der Waals surface area contributed by atoms with Gasteiger partial charge in [0, 0.05) is 25.1 Å². The number of halogens is 1. The van der Waals surface area contributed by atoms with Crippen LogP contribution in [0.3, 0.4) is 0 Å². The van der Waals surface area contributed by atoms with Gasteiger partial charge in [-0.2, -0.15) is 0 Å². The van der Waals surface area contributed by atoms with Crippen LogP contribution in [0.15, 0.2) is 0 Å². The largest absolute Gasteiger partial charge is 0.377 e. The Morgan fingerprint density at radius 3 is 2.92 bits per heavy atom. The van der Waals surface area contributed by atoms with E-state index in [2.05, 4.69) is 11.9 Å². The summed E-state index contributed by atoms with van der Waals surface area (Å²) in [6, 6.07) is 0. The van der Waals surface area contributed by atoms with Crippen LogP contribution in [0.4, 0.5) is 0 Å². The number of ether oxygens (including phenoxy) is 1. The molecule has 0 saturated carbocycles. The maximum atomic E-state index is 5.88. The number of rotatable bonds is 4. The molecule has 3 heteroatoms. The molecule has 2 nitrogen and oxygen atoms in total. The molecular formula is C9H18ClNO. The summed E-state index contributed by atoms with van der Waals surface area (Å²) in [5.41, 5.74) is 0. The molecule has 2 atom stereocenters.